The minimum atomic E-state index is -0.319. The number of thiazole rings is 1. The van der Waals surface area contributed by atoms with Crippen molar-refractivity contribution in [3.05, 3.63) is 46.6 Å². The Labute approximate surface area is 153 Å². The van der Waals surface area contributed by atoms with Crippen LogP contribution in [-0.4, -0.2) is 33.8 Å². The minimum absolute atomic E-state index is 0.0335. The minimum Gasteiger partial charge on any atom is -0.352 e. The Morgan fingerprint density at radius 1 is 1.36 bits per heavy atom. The van der Waals surface area contributed by atoms with Gasteiger partial charge in [-0.05, 0) is 26.0 Å². The molecule has 0 saturated heterocycles. The Bertz CT molecular complexity index is 932. The first-order chi connectivity index (χ1) is 11.9. The molecule has 3 rings (SSSR count). The number of carbonyl (C=O) groups excluding carboxylic acids is 2. The van der Waals surface area contributed by atoms with Crippen LogP contribution in [0, 0.1) is 0 Å². The van der Waals surface area contributed by atoms with Crippen molar-refractivity contribution >= 4 is 39.7 Å². The molecular formula is C17H17ClN4O2S. The number of imidazole rings is 1. The highest BCUT2D eigenvalue weighted by molar-refractivity contribution is 7.15. The molecule has 0 aliphatic rings. The summed E-state index contributed by atoms with van der Waals surface area (Å²) in [7, 11) is 0. The van der Waals surface area contributed by atoms with Crippen molar-refractivity contribution in [1.82, 2.24) is 20.0 Å². The van der Waals surface area contributed by atoms with Crippen molar-refractivity contribution in [3.63, 3.8) is 0 Å². The summed E-state index contributed by atoms with van der Waals surface area (Å²) in [5.74, 6) is -0.541. The van der Waals surface area contributed by atoms with Gasteiger partial charge in [-0.3, -0.25) is 14.0 Å². The number of hydrogen-bond donors (Lipinski definition) is 2. The van der Waals surface area contributed by atoms with Crippen molar-refractivity contribution in [2.24, 2.45) is 0 Å². The van der Waals surface area contributed by atoms with Crippen molar-refractivity contribution in [2.45, 2.75) is 19.9 Å². The standard InChI is InChI=1S/C17H17ClN4O2S/c1-10(2)20-15(23)7-19-16(24)14-9-25-17-21-13(8-22(14)17)11-4-3-5-12(18)6-11/h3-6,8-10H,7H2,1-2H3,(H,19,24)(H,20,23). The molecule has 0 atom stereocenters. The first-order valence-corrected chi connectivity index (χ1v) is 9.00. The third-order valence-corrected chi connectivity index (χ3v) is 4.50. The molecule has 1 aromatic carbocycles. The van der Waals surface area contributed by atoms with Gasteiger partial charge in [-0.25, -0.2) is 4.98 Å². The van der Waals surface area contributed by atoms with Gasteiger partial charge < -0.3 is 10.6 Å². The van der Waals surface area contributed by atoms with Gasteiger partial charge in [0.15, 0.2) is 4.96 Å². The van der Waals surface area contributed by atoms with E-state index >= 15 is 0 Å². The molecule has 0 fully saturated rings. The van der Waals surface area contributed by atoms with E-state index in [1.54, 1.807) is 22.0 Å². The van der Waals surface area contributed by atoms with Gasteiger partial charge in [0.25, 0.3) is 5.91 Å². The first-order valence-electron chi connectivity index (χ1n) is 7.74. The van der Waals surface area contributed by atoms with E-state index in [0.29, 0.717) is 15.7 Å². The average molecular weight is 377 g/mol. The molecule has 2 heterocycles. The van der Waals surface area contributed by atoms with Crippen LogP contribution in [0.1, 0.15) is 24.3 Å². The van der Waals surface area contributed by atoms with Crippen molar-refractivity contribution in [3.8, 4) is 11.3 Å². The van der Waals surface area contributed by atoms with Crippen molar-refractivity contribution < 1.29 is 9.59 Å². The number of rotatable bonds is 5. The summed E-state index contributed by atoms with van der Waals surface area (Å²) < 4.78 is 1.72. The van der Waals surface area contributed by atoms with Crippen LogP contribution in [0.2, 0.25) is 5.02 Å². The number of fused-ring (bicyclic) bond motifs is 1. The molecule has 0 aliphatic carbocycles. The van der Waals surface area contributed by atoms with Crippen LogP contribution in [0.3, 0.4) is 0 Å². The summed E-state index contributed by atoms with van der Waals surface area (Å²) in [6.45, 7) is 3.67. The fourth-order valence-corrected chi connectivity index (χ4v) is 3.40. The zero-order chi connectivity index (χ0) is 18.0. The molecule has 3 aromatic rings. The summed E-state index contributed by atoms with van der Waals surface area (Å²) in [5, 5.41) is 7.70. The van der Waals surface area contributed by atoms with Crippen molar-refractivity contribution in [1.29, 1.82) is 0 Å². The molecule has 0 radical (unpaired) electrons. The summed E-state index contributed by atoms with van der Waals surface area (Å²) in [5.41, 5.74) is 2.06. The fourth-order valence-electron chi connectivity index (χ4n) is 2.36. The van der Waals surface area contributed by atoms with Crippen LogP contribution in [0.4, 0.5) is 0 Å². The normalized spacial score (nSPS) is 11.0. The molecule has 0 saturated carbocycles. The van der Waals surface area contributed by atoms with E-state index in [2.05, 4.69) is 15.6 Å². The van der Waals surface area contributed by atoms with E-state index in [0.717, 1.165) is 11.3 Å². The highest BCUT2D eigenvalue weighted by Crippen LogP contribution is 2.25. The Balaban J connectivity index is 1.78. The van der Waals surface area contributed by atoms with Gasteiger partial charge in [-0.15, -0.1) is 11.3 Å². The maximum absolute atomic E-state index is 12.4. The van der Waals surface area contributed by atoms with Crippen LogP contribution in [0.5, 0.6) is 0 Å². The molecule has 0 bridgehead atoms. The quantitative estimate of drug-likeness (QED) is 0.718. The number of hydrogen-bond acceptors (Lipinski definition) is 4. The second kappa shape index (κ2) is 7.25. The highest BCUT2D eigenvalue weighted by atomic mass is 35.5. The maximum Gasteiger partial charge on any atom is 0.269 e. The topological polar surface area (TPSA) is 75.5 Å². The number of amides is 2. The first kappa shape index (κ1) is 17.4. The fraction of sp³-hybridized carbons (Fsp3) is 0.235. The lowest BCUT2D eigenvalue weighted by atomic mass is 10.2. The van der Waals surface area contributed by atoms with Gasteiger partial charge in [0, 0.05) is 28.2 Å². The lowest BCUT2D eigenvalue weighted by Crippen LogP contribution is -2.40. The van der Waals surface area contributed by atoms with E-state index in [1.807, 2.05) is 32.0 Å². The number of benzene rings is 1. The Morgan fingerprint density at radius 2 is 2.16 bits per heavy atom. The van der Waals surface area contributed by atoms with E-state index in [9.17, 15) is 9.59 Å². The van der Waals surface area contributed by atoms with Crippen LogP contribution in [0.25, 0.3) is 16.2 Å². The molecule has 0 spiro atoms. The van der Waals surface area contributed by atoms with Crippen LogP contribution < -0.4 is 10.6 Å². The molecule has 6 nitrogen and oxygen atoms in total. The van der Waals surface area contributed by atoms with Gasteiger partial charge in [0.05, 0.1) is 12.2 Å². The zero-order valence-corrected chi connectivity index (χ0v) is 15.3. The van der Waals surface area contributed by atoms with Crippen LogP contribution in [0.15, 0.2) is 35.8 Å². The lowest BCUT2D eigenvalue weighted by Gasteiger charge is -2.08. The molecule has 2 amide bonds. The van der Waals surface area contributed by atoms with Gasteiger partial charge in [-0.1, -0.05) is 23.7 Å². The molecule has 8 heteroatoms. The second-order valence-corrected chi connectivity index (χ2v) is 7.09. The largest absolute Gasteiger partial charge is 0.352 e. The van der Waals surface area contributed by atoms with E-state index in [1.165, 1.54) is 11.3 Å². The molecule has 2 N–H and O–H groups in total. The number of aromatic nitrogens is 2. The number of nitrogens with one attached hydrogen (secondary N) is 2. The predicted molar refractivity (Wildman–Crippen MR) is 99.1 cm³/mol. The molecule has 130 valence electrons. The Kier molecular flexibility index (Phi) is 5.06. The van der Waals surface area contributed by atoms with Gasteiger partial charge in [0.2, 0.25) is 5.91 Å². The second-order valence-electron chi connectivity index (χ2n) is 5.81. The molecule has 25 heavy (non-hydrogen) atoms. The van der Waals surface area contributed by atoms with E-state index < -0.39 is 0 Å². The SMILES string of the molecule is CC(C)NC(=O)CNC(=O)c1csc2nc(-c3cccc(Cl)c3)cn12. The molecule has 0 unspecified atom stereocenters. The predicted octanol–water partition coefficient (Wildman–Crippen LogP) is 2.97. The number of halogens is 1. The molecule has 2 aromatic heterocycles. The summed E-state index contributed by atoms with van der Waals surface area (Å²) in [6.07, 6.45) is 1.79. The Morgan fingerprint density at radius 3 is 2.88 bits per heavy atom. The highest BCUT2D eigenvalue weighted by Gasteiger charge is 2.16. The maximum atomic E-state index is 12.4. The number of carbonyl (C=O) groups is 2. The van der Waals surface area contributed by atoms with Crippen molar-refractivity contribution in [2.75, 3.05) is 6.54 Å². The molecule has 0 aliphatic heterocycles. The number of nitrogens with zero attached hydrogens (tertiary/aromatic N) is 2. The van der Waals surface area contributed by atoms with Crippen LogP contribution in [-0.2, 0) is 4.79 Å². The lowest BCUT2D eigenvalue weighted by molar-refractivity contribution is -0.120. The van der Waals surface area contributed by atoms with Gasteiger partial charge >= 0.3 is 0 Å². The third kappa shape index (κ3) is 4.00. The van der Waals surface area contributed by atoms with Gasteiger partial charge in [-0.2, -0.15) is 0 Å². The third-order valence-electron chi connectivity index (χ3n) is 3.42. The monoisotopic (exact) mass is 376 g/mol. The summed E-state index contributed by atoms with van der Waals surface area (Å²) in [6, 6.07) is 7.42. The van der Waals surface area contributed by atoms with Gasteiger partial charge in [0.1, 0.15) is 5.69 Å². The zero-order valence-electron chi connectivity index (χ0n) is 13.7. The van der Waals surface area contributed by atoms with E-state index in [-0.39, 0.29) is 24.4 Å². The molecular weight excluding hydrogens is 360 g/mol. The smallest absolute Gasteiger partial charge is 0.269 e. The van der Waals surface area contributed by atoms with Crippen LogP contribution >= 0.6 is 22.9 Å². The van der Waals surface area contributed by atoms with E-state index in [4.69, 9.17) is 11.6 Å². The Hall–Kier alpha value is -2.38. The average Bonchev–Trinajstić information content (AvgIpc) is 3.12. The summed E-state index contributed by atoms with van der Waals surface area (Å²) in [4.78, 5) is 29.2. The summed E-state index contributed by atoms with van der Waals surface area (Å²) >= 11 is 7.39.